The third-order valence-corrected chi connectivity index (χ3v) is 4.47. The van der Waals surface area contributed by atoms with E-state index in [1.807, 2.05) is 12.1 Å². The van der Waals surface area contributed by atoms with Gasteiger partial charge in [-0.15, -0.1) is 0 Å². The highest BCUT2D eigenvalue weighted by atomic mass is 15.2. The third-order valence-electron chi connectivity index (χ3n) is 4.47. The van der Waals surface area contributed by atoms with Crippen molar-refractivity contribution in [1.29, 1.82) is 5.26 Å². The molecule has 2 heterocycles. The van der Waals surface area contributed by atoms with Crippen molar-refractivity contribution < 1.29 is 0 Å². The van der Waals surface area contributed by atoms with Crippen LogP contribution in [0.15, 0.2) is 48.5 Å². The number of anilines is 1. The van der Waals surface area contributed by atoms with Gasteiger partial charge in [-0.2, -0.15) is 5.26 Å². The second-order valence-electron chi connectivity index (χ2n) is 6.14. The number of likely N-dealkylation sites (N-methyl/N-ethyl adjacent to an activating group) is 1. The highest BCUT2D eigenvalue weighted by molar-refractivity contribution is 5.42. The zero-order valence-corrected chi connectivity index (χ0v) is 13.5. The molecule has 2 aromatic rings. The molecule has 0 spiro atoms. The van der Waals surface area contributed by atoms with E-state index in [1.54, 1.807) is 6.07 Å². The molecule has 1 saturated heterocycles. The van der Waals surface area contributed by atoms with Gasteiger partial charge in [0.25, 0.3) is 0 Å². The molecule has 1 aromatic heterocycles. The molecule has 0 bridgehead atoms. The van der Waals surface area contributed by atoms with E-state index in [1.165, 1.54) is 12.0 Å². The predicted octanol–water partition coefficient (Wildman–Crippen LogP) is 3.05. The SMILES string of the molecule is CN(Cc1ccccc1)[C@H]1CCCN(c2cccc(C#N)n2)C1. The summed E-state index contributed by atoms with van der Waals surface area (Å²) in [4.78, 5) is 9.17. The Morgan fingerprint density at radius 2 is 2.04 bits per heavy atom. The molecular formula is C19H22N4. The summed E-state index contributed by atoms with van der Waals surface area (Å²) in [5.74, 6) is 0.918. The predicted molar refractivity (Wildman–Crippen MR) is 92.1 cm³/mol. The zero-order valence-electron chi connectivity index (χ0n) is 13.5. The molecule has 3 rings (SSSR count). The smallest absolute Gasteiger partial charge is 0.142 e. The summed E-state index contributed by atoms with van der Waals surface area (Å²) < 4.78 is 0. The van der Waals surface area contributed by atoms with Gasteiger partial charge >= 0.3 is 0 Å². The Morgan fingerprint density at radius 3 is 2.83 bits per heavy atom. The Hall–Kier alpha value is -2.38. The Balaban J connectivity index is 1.67. The minimum absolute atomic E-state index is 0.488. The summed E-state index contributed by atoms with van der Waals surface area (Å²) in [6, 6.07) is 18.9. The van der Waals surface area contributed by atoms with Crippen LogP contribution in [0.1, 0.15) is 24.1 Å². The average Bonchev–Trinajstić information content (AvgIpc) is 2.63. The fourth-order valence-electron chi connectivity index (χ4n) is 3.18. The van der Waals surface area contributed by atoms with Gasteiger partial charge in [-0.3, -0.25) is 4.90 Å². The van der Waals surface area contributed by atoms with Gasteiger partial charge in [0.05, 0.1) is 0 Å². The molecule has 118 valence electrons. The number of aromatic nitrogens is 1. The van der Waals surface area contributed by atoms with Gasteiger partial charge in [-0.05, 0) is 37.6 Å². The first-order chi connectivity index (χ1) is 11.3. The molecule has 0 amide bonds. The van der Waals surface area contributed by atoms with E-state index in [4.69, 9.17) is 5.26 Å². The van der Waals surface area contributed by atoms with Crippen molar-refractivity contribution in [2.45, 2.75) is 25.4 Å². The quantitative estimate of drug-likeness (QED) is 0.871. The lowest BCUT2D eigenvalue weighted by Gasteiger charge is -2.38. The number of hydrogen-bond acceptors (Lipinski definition) is 4. The van der Waals surface area contributed by atoms with Gasteiger partial charge in [0, 0.05) is 25.7 Å². The second-order valence-corrected chi connectivity index (χ2v) is 6.14. The lowest BCUT2D eigenvalue weighted by molar-refractivity contribution is 0.207. The fourth-order valence-corrected chi connectivity index (χ4v) is 3.18. The Labute approximate surface area is 138 Å². The summed E-state index contributed by atoms with van der Waals surface area (Å²) in [6.07, 6.45) is 2.36. The molecule has 0 radical (unpaired) electrons. The summed E-state index contributed by atoms with van der Waals surface area (Å²) >= 11 is 0. The number of nitrogens with zero attached hydrogens (tertiary/aromatic N) is 4. The first-order valence-electron chi connectivity index (χ1n) is 8.12. The van der Waals surface area contributed by atoms with E-state index in [9.17, 15) is 0 Å². The van der Waals surface area contributed by atoms with E-state index < -0.39 is 0 Å². The fraction of sp³-hybridized carbons (Fsp3) is 0.368. The van der Waals surface area contributed by atoms with Gasteiger partial charge in [0.1, 0.15) is 17.6 Å². The molecular weight excluding hydrogens is 284 g/mol. The highest BCUT2D eigenvalue weighted by Gasteiger charge is 2.24. The number of piperidine rings is 1. The van der Waals surface area contributed by atoms with Crippen molar-refractivity contribution in [3.8, 4) is 6.07 Å². The first-order valence-corrected chi connectivity index (χ1v) is 8.12. The minimum atomic E-state index is 0.488. The van der Waals surface area contributed by atoms with Crippen molar-refractivity contribution in [2.24, 2.45) is 0 Å². The van der Waals surface area contributed by atoms with Crippen LogP contribution >= 0.6 is 0 Å². The molecule has 1 aliphatic rings. The van der Waals surface area contributed by atoms with Gasteiger partial charge in [-0.1, -0.05) is 36.4 Å². The van der Waals surface area contributed by atoms with Crippen molar-refractivity contribution in [1.82, 2.24) is 9.88 Å². The topological polar surface area (TPSA) is 43.2 Å². The van der Waals surface area contributed by atoms with Gasteiger partial charge in [-0.25, -0.2) is 4.98 Å². The van der Waals surface area contributed by atoms with E-state index in [2.05, 4.69) is 58.2 Å². The number of rotatable bonds is 4. The average molecular weight is 306 g/mol. The van der Waals surface area contributed by atoms with Crippen LogP contribution < -0.4 is 4.90 Å². The number of hydrogen-bond donors (Lipinski definition) is 0. The van der Waals surface area contributed by atoms with Gasteiger partial charge in [0.15, 0.2) is 0 Å². The molecule has 0 unspecified atom stereocenters. The number of pyridine rings is 1. The minimum Gasteiger partial charge on any atom is -0.355 e. The zero-order chi connectivity index (χ0) is 16.1. The van der Waals surface area contributed by atoms with E-state index in [-0.39, 0.29) is 0 Å². The van der Waals surface area contributed by atoms with E-state index in [0.717, 1.165) is 31.9 Å². The standard InChI is InChI=1S/C19H22N4/c1-22(14-16-7-3-2-4-8-16)18-10-6-12-23(15-18)19-11-5-9-17(13-20)21-19/h2-5,7-9,11,18H,6,10,12,14-15H2,1H3/t18-/m0/s1. The van der Waals surface area contributed by atoms with Crippen molar-refractivity contribution in [2.75, 3.05) is 25.0 Å². The van der Waals surface area contributed by atoms with Gasteiger partial charge in [0.2, 0.25) is 0 Å². The monoisotopic (exact) mass is 306 g/mol. The van der Waals surface area contributed by atoms with Crippen LogP contribution in [-0.2, 0) is 6.54 Å². The number of benzene rings is 1. The van der Waals surface area contributed by atoms with Crippen LogP contribution in [-0.4, -0.2) is 36.1 Å². The summed E-state index contributed by atoms with van der Waals surface area (Å²) in [5.41, 5.74) is 1.83. The molecule has 23 heavy (non-hydrogen) atoms. The van der Waals surface area contributed by atoms with E-state index >= 15 is 0 Å². The first kappa shape index (κ1) is 15.5. The molecule has 4 heteroatoms. The Bertz CT molecular complexity index is 677. The summed E-state index contributed by atoms with van der Waals surface area (Å²) in [6.45, 7) is 2.94. The normalized spacial score (nSPS) is 18.0. The molecule has 1 aromatic carbocycles. The van der Waals surface area contributed by atoms with Gasteiger partial charge < -0.3 is 4.90 Å². The summed E-state index contributed by atoms with van der Waals surface area (Å²) in [7, 11) is 2.19. The van der Waals surface area contributed by atoms with Crippen LogP contribution in [0.3, 0.4) is 0 Å². The largest absolute Gasteiger partial charge is 0.355 e. The Morgan fingerprint density at radius 1 is 1.22 bits per heavy atom. The maximum Gasteiger partial charge on any atom is 0.142 e. The number of nitriles is 1. The Kier molecular flexibility index (Phi) is 4.89. The maximum absolute atomic E-state index is 9.03. The highest BCUT2D eigenvalue weighted by Crippen LogP contribution is 2.21. The molecule has 1 fully saturated rings. The molecule has 1 aliphatic heterocycles. The van der Waals surface area contributed by atoms with Crippen LogP contribution in [0.25, 0.3) is 0 Å². The molecule has 0 aliphatic carbocycles. The van der Waals surface area contributed by atoms with E-state index in [0.29, 0.717) is 11.7 Å². The van der Waals surface area contributed by atoms with Crippen molar-refractivity contribution >= 4 is 5.82 Å². The molecule has 4 nitrogen and oxygen atoms in total. The molecule has 1 atom stereocenters. The maximum atomic E-state index is 9.03. The lowest BCUT2D eigenvalue weighted by Crippen LogP contribution is -2.46. The van der Waals surface area contributed by atoms with Crippen molar-refractivity contribution in [3.63, 3.8) is 0 Å². The van der Waals surface area contributed by atoms with Crippen LogP contribution in [0.5, 0.6) is 0 Å². The van der Waals surface area contributed by atoms with Crippen molar-refractivity contribution in [3.05, 3.63) is 59.8 Å². The lowest BCUT2D eigenvalue weighted by atomic mass is 10.0. The van der Waals surface area contributed by atoms with Crippen LogP contribution in [0.2, 0.25) is 0 Å². The van der Waals surface area contributed by atoms with Crippen LogP contribution in [0, 0.1) is 11.3 Å². The molecule has 0 N–H and O–H groups in total. The second kappa shape index (κ2) is 7.26. The molecule has 0 saturated carbocycles. The van der Waals surface area contributed by atoms with Crippen LogP contribution in [0.4, 0.5) is 5.82 Å². The third kappa shape index (κ3) is 3.88. The summed E-state index contributed by atoms with van der Waals surface area (Å²) in [5, 5.41) is 9.03.